The molecule has 10 atom stereocenters. The summed E-state index contributed by atoms with van der Waals surface area (Å²) in [5, 5.41) is 27.7. The number of hydrogen-bond donors (Lipinski definition) is 10. The van der Waals surface area contributed by atoms with E-state index in [1.54, 1.807) is 6.92 Å². The van der Waals surface area contributed by atoms with Crippen molar-refractivity contribution in [3.05, 3.63) is 0 Å². The molecule has 3 rings (SSSR count). The topological polar surface area (TPSA) is 354 Å². The van der Waals surface area contributed by atoms with Crippen molar-refractivity contribution in [2.75, 3.05) is 39.3 Å². The van der Waals surface area contributed by atoms with Crippen LogP contribution in [0.25, 0.3) is 0 Å². The van der Waals surface area contributed by atoms with Gasteiger partial charge in [0.2, 0.25) is 59.1 Å². The van der Waals surface area contributed by atoms with Crippen molar-refractivity contribution >= 4 is 65.0 Å². The third-order valence-corrected chi connectivity index (χ3v) is 13.6. The highest BCUT2D eigenvalue weighted by atomic mass is 16.4. The van der Waals surface area contributed by atoms with Gasteiger partial charge in [0, 0.05) is 19.6 Å². The lowest BCUT2D eigenvalue weighted by molar-refractivity contribution is -0.146. The van der Waals surface area contributed by atoms with Crippen molar-refractivity contribution < 1.29 is 57.8 Å². The Morgan fingerprint density at radius 1 is 0.589 bits per heavy atom. The minimum absolute atomic E-state index is 0.0222. The molecule has 73 heavy (non-hydrogen) atoms. The van der Waals surface area contributed by atoms with Crippen LogP contribution in [0.3, 0.4) is 0 Å². The fraction of sp³-hybridized carbons (Fsp3) is 0.776. The molecule has 10 amide bonds. The zero-order valence-corrected chi connectivity index (χ0v) is 44.1. The molecule has 3 aliphatic rings. The molecule has 0 saturated carbocycles. The first-order valence-electron chi connectivity index (χ1n) is 26.1. The molecule has 0 aromatic carbocycles. The largest absolute Gasteiger partial charge is 0.480 e. The van der Waals surface area contributed by atoms with E-state index in [9.17, 15) is 57.8 Å². The third kappa shape index (κ3) is 18.5. The number of nitrogens with two attached hydrogens (primary N) is 2. The first kappa shape index (κ1) is 61.4. The number of rotatable bonds is 28. The molecule has 3 saturated heterocycles. The number of amides is 10. The molecule has 0 radical (unpaired) electrons. The van der Waals surface area contributed by atoms with E-state index in [-0.39, 0.29) is 43.7 Å². The summed E-state index contributed by atoms with van der Waals surface area (Å²) < 4.78 is 0. The summed E-state index contributed by atoms with van der Waals surface area (Å²) in [4.78, 5) is 150. The number of carbonyl (C=O) groups is 11. The SMILES string of the molecule is CC[C@H](C)[C@H](NC(=O)CNC(=O)[C@@H]1CCCN1C(=O)[C@@H]1CCCN1C(=O)CNC(=O)[C@H](C)NC(=O)[C@@H]1CCCN1C(=O)[C@@H](N)CCCCN)C(=O)N[C@@H](CC(C)C)C(=O)N[C@@H](C)C(=O)N[C@@H](CC(C)C)C(=O)O. The molecule has 0 aromatic heterocycles. The maximum absolute atomic E-state index is 14.0. The second kappa shape index (κ2) is 29.7. The normalized spacial score (nSPS) is 20.5. The van der Waals surface area contributed by atoms with E-state index in [4.69, 9.17) is 11.5 Å². The smallest absolute Gasteiger partial charge is 0.326 e. The second-order valence-electron chi connectivity index (χ2n) is 20.6. The lowest BCUT2D eigenvalue weighted by atomic mass is 9.96. The number of likely N-dealkylation sites (tertiary alicyclic amines) is 3. The summed E-state index contributed by atoms with van der Waals surface area (Å²) in [6, 6.07) is -8.99. The van der Waals surface area contributed by atoms with Gasteiger partial charge in [0.25, 0.3) is 0 Å². The number of unbranched alkanes of at least 4 members (excludes halogenated alkanes) is 1. The fourth-order valence-electron chi connectivity index (χ4n) is 9.30. The van der Waals surface area contributed by atoms with Crippen LogP contribution in [0.5, 0.6) is 0 Å². The van der Waals surface area contributed by atoms with Crippen molar-refractivity contribution in [3.63, 3.8) is 0 Å². The third-order valence-electron chi connectivity index (χ3n) is 13.6. The van der Waals surface area contributed by atoms with Gasteiger partial charge in [0.05, 0.1) is 19.1 Å². The molecule has 24 nitrogen and oxygen atoms in total. The molecule has 3 heterocycles. The number of nitrogens with one attached hydrogen (secondary N) is 7. The summed E-state index contributed by atoms with van der Waals surface area (Å²) in [5.41, 5.74) is 11.7. The van der Waals surface area contributed by atoms with Crippen LogP contribution in [0.1, 0.15) is 132 Å². The minimum atomic E-state index is -1.21. The van der Waals surface area contributed by atoms with E-state index in [0.29, 0.717) is 70.9 Å². The Hall–Kier alpha value is -5.91. The van der Waals surface area contributed by atoms with Gasteiger partial charge in [-0.15, -0.1) is 0 Å². The predicted molar refractivity (Wildman–Crippen MR) is 268 cm³/mol. The highest BCUT2D eigenvalue weighted by Gasteiger charge is 2.43. The number of aliphatic carboxylic acids is 1. The zero-order valence-electron chi connectivity index (χ0n) is 44.1. The van der Waals surface area contributed by atoms with Crippen molar-refractivity contribution in [2.24, 2.45) is 29.2 Å². The number of nitrogens with zero attached hydrogens (tertiary/aromatic N) is 3. The standard InChI is InChI=1S/C49H84N12O12/c1-9-29(6)40(46(69)56-33(23-27(2)3)43(66)54-31(8)42(65)57-34(49(72)73)24-28(4)5)58-38(62)25-52-44(67)35-16-12-22-61(35)48(71)37-18-14-20-59(37)39(63)26-53-41(64)30(7)55-45(68)36-17-13-21-60(36)47(70)32(51)15-10-11-19-50/h27-37,40H,9-26,50-51H2,1-8H3,(H,52,67)(H,53,64)(H,54,66)(H,55,68)(H,56,69)(H,57,65)(H,58,62)(H,72,73)/t29-,30-,31-,32-,33-,34-,35-,36-,37-,40-/m0/s1. The number of carbonyl (C=O) groups excluding carboxylic acids is 10. The first-order chi connectivity index (χ1) is 34.4. The Morgan fingerprint density at radius 2 is 1.14 bits per heavy atom. The Bertz CT molecular complexity index is 1970. The van der Waals surface area contributed by atoms with Gasteiger partial charge in [-0.1, -0.05) is 54.4 Å². The van der Waals surface area contributed by atoms with Gasteiger partial charge < -0.3 is 68.5 Å². The van der Waals surface area contributed by atoms with Crippen LogP contribution in [-0.2, 0) is 52.7 Å². The summed E-state index contributed by atoms with van der Waals surface area (Å²) in [5.74, 6) is -7.58. The molecule has 3 aliphatic heterocycles. The monoisotopic (exact) mass is 1030 g/mol. The lowest BCUT2D eigenvalue weighted by Gasteiger charge is -2.31. The molecule has 0 aromatic rings. The summed E-state index contributed by atoms with van der Waals surface area (Å²) in [6.07, 6.45) is 5.26. The Labute approximate surface area is 429 Å². The summed E-state index contributed by atoms with van der Waals surface area (Å²) >= 11 is 0. The molecule has 3 fully saturated rings. The van der Waals surface area contributed by atoms with E-state index in [0.717, 1.165) is 6.42 Å². The van der Waals surface area contributed by atoms with Crippen LogP contribution in [0, 0.1) is 17.8 Å². The van der Waals surface area contributed by atoms with Gasteiger partial charge >= 0.3 is 5.97 Å². The Kier molecular flexibility index (Phi) is 25.0. The van der Waals surface area contributed by atoms with E-state index in [1.165, 1.54) is 28.5 Å². The number of carboxylic acid groups (broad SMARTS) is 1. The summed E-state index contributed by atoms with van der Waals surface area (Å²) in [6.45, 7) is 14.0. The highest BCUT2D eigenvalue weighted by molar-refractivity contribution is 5.98. The second-order valence-corrected chi connectivity index (χ2v) is 20.6. The average Bonchev–Trinajstić information content (AvgIpc) is 4.15. The average molecular weight is 1030 g/mol. The minimum Gasteiger partial charge on any atom is -0.480 e. The summed E-state index contributed by atoms with van der Waals surface area (Å²) in [7, 11) is 0. The zero-order chi connectivity index (χ0) is 54.7. The maximum Gasteiger partial charge on any atom is 0.326 e. The van der Waals surface area contributed by atoms with Crippen molar-refractivity contribution in [2.45, 2.75) is 187 Å². The Balaban J connectivity index is 1.55. The quantitative estimate of drug-likeness (QED) is 0.0392. The van der Waals surface area contributed by atoms with Gasteiger partial charge in [-0.2, -0.15) is 0 Å². The molecule has 24 heteroatoms. The molecule has 0 aliphatic carbocycles. The van der Waals surface area contributed by atoms with Crippen LogP contribution in [0.4, 0.5) is 0 Å². The lowest BCUT2D eigenvalue weighted by Crippen LogP contribution is -2.59. The fourth-order valence-corrected chi connectivity index (χ4v) is 9.30. The van der Waals surface area contributed by atoms with E-state index in [1.807, 2.05) is 34.6 Å². The van der Waals surface area contributed by atoms with Crippen LogP contribution < -0.4 is 48.7 Å². The van der Waals surface area contributed by atoms with Crippen LogP contribution in [0.2, 0.25) is 0 Å². The molecular weight excluding hydrogens is 949 g/mol. The van der Waals surface area contributed by atoms with Crippen molar-refractivity contribution in [1.82, 2.24) is 51.9 Å². The van der Waals surface area contributed by atoms with Crippen LogP contribution in [-0.4, -0.2) is 178 Å². The molecule has 0 bridgehead atoms. The van der Waals surface area contributed by atoms with Gasteiger partial charge in [-0.3, -0.25) is 47.9 Å². The van der Waals surface area contributed by atoms with Crippen LogP contribution in [0.15, 0.2) is 0 Å². The number of hydrogen-bond acceptors (Lipinski definition) is 13. The first-order valence-corrected chi connectivity index (χ1v) is 26.1. The predicted octanol–water partition coefficient (Wildman–Crippen LogP) is -1.67. The number of carboxylic acids is 1. The molecule has 12 N–H and O–H groups in total. The molecular formula is C49H84N12O12. The Morgan fingerprint density at radius 3 is 1.73 bits per heavy atom. The van der Waals surface area contributed by atoms with E-state index < -0.39 is 133 Å². The van der Waals surface area contributed by atoms with Gasteiger partial charge in [-0.25, -0.2) is 4.79 Å². The van der Waals surface area contributed by atoms with Gasteiger partial charge in [0.15, 0.2) is 0 Å². The van der Waals surface area contributed by atoms with Gasteiger partial charge in [-0.05, 0) is 102 Å². The van der Waals surface area contributed by atoms with Crippen LogP contribution >= 0.6 is 0 Å². The van der Waals surface area contributed by atoms with E-state index >= 15 is 0 Å². The maximum atomic E-state index is 14.0. The van der Waals surface area contributed by atoms with E-state index in [2.05, 4.69) is 37.2 Å². The molecule has 412 valence electrons. The molecule has 0 spiro atoms. The van der Waals surface area contributed by atoms with Crippen molar-refractivity contribution in [1.29, 1.82) is 0 Å². The molecule has 0 unspecified atom stereocenters. The highest BCUT2D eigenvalue weighted by Crippen LogP contribution is 2.25. The van der Waals surface area contributed by atoms with Gasteiger partial charge in [0.1, 0.15) is 48.3 Å². The van der Waals surface area contributed by atoms with Crippen molar-refractivity contribution in [3.8, 4) is 0 Å².